The molecule has 1 N–H and O–H groups in total. The molecule has 1 aliphatic carbocycles. The number of carbonyl (C=O) groups is 1. The van der Waals surface area contributed by atoms with Gasteiger partial charge in [0.05, 0.1) is 0 Å². The number of rotatable bonds is 5. The Hall–Kier alpha value is -2.53. The van der Waals surface area contributed by atoms with E-state index in [1.807, 2.05) is 48.5 Å². The molecule has 0 saturated heterocycles. The number of carbonyl (C=O) groups excluding carboxylic acids is 1. The predicted molar refractivity (Wildman–Crippen MR) is 100 cm³/mol. The number of hydrogen-bond donors (Lipinski definition) is 1. The van der Waals surface area contributed by atoms with E-state index in [1.54, 1.807) is 6.08 Å². The Morgan fingerprint density at radius 1 is 1.15 bits per heavy atom. The topological polar surface area (TPSA) is 46.5 Å². The van der Waals surface area contributed by atoms with Gasteiger partial charge in [-0.3, -0.25) is 0 Å². The minimum absolute atomic E-state index is 0.0940. The Kier molecular flexibility index (Phi) is 5.71. The highest BCUT2D eigenvalue weighted by Crippen LogP contribution is 2.36. The van der Waals surface area contributed by atoms with Gasteiger partial charge >= 0.3 is 5.97 Å². The van der Waals surface area contributed by atoms with Crippen LogP contribution in [-0.2, 0) is 16.1 Å². The molecule has 0 fully saturated rings. The van der Waals surface area contributed by atoms with Gasteiger partial charge in [-0.15, -0.1) is 0 Å². The molecule has 0 amide bonds. The fraction of sp³-hybridized carbons (Fsp3) is 0.318. The summed E-state index contributed by atoms with van der Waals surface area (Å²) >= 11 is 0. The number of esters is 1. The number of benzene rings is 2. The Morgan fingerprint density at radius 2 is 1.85 bits per heavy atom. The van der Waals surface area contributed by atoms with Crippen molar-refractivity contribution in [2.24, 2.45) is 0 Å². The van der Waals surface area contributed by atoms with Crippen LogP contribution in [0.25, 0.3) is 16.7 Å². The lowest BCUT2D eigenvalue weighted by Gasteiger charge is -2.21. The van der Waals surface area contributed by atoms with E-state index in [0.717, 1.165) is 27.8 Å². The lowest BCUT2D eigenvalue weighted by atomic mass is 9.90. The van der Waals surface area contributed by atoms with Crippen molar-refractivity contribution in [3.8, 4) is 11.1 Å². The predicted octanol–water partition coefficient (Wildman–Crippen LogP) is 4.98. The minimum atomic E-state index is -2.58. The average molecular weight is 372 g/mol. The van der Waals surface area contributed by atoms with Gasteiger partial charge in [-0.25, -0.2) is 13.6 Å². The van der Waals surface area contributed by atoms with Gasteiger partial charge in [-0.05, 0) is 47.2 Å². The number of aliphatic hydroxyl groups excluding tert-OH is 1. The van der Waals surface area contributed by atoms with Crippen molar-refractivity contribution in [1.29, 1.82) is 0 Å². The fourth-order valence-corrected chi connectivity index (χ4v) is 3.05. The van der Waals surface area contributed by atoms with Crippen LogP contribution >= 0.6 is 0 Å². The quantitative estimate of drug-likeness (QED) is 0.753. The summed E-state index contributed by atoms with van der Waals surface area (Å²) in [6.45, 7) is 1.46. The number of halogens is 2. The van der Waals surface area contributed by atoms with Gasteiger partial charge in [-0.2, -0.15) is 0 Å². The summed E-state index contributed by atoms with van der Waals surface area (Å²) in [5.74, 6) is -3.24. The van der Waals surface area contributed by atoms with Crippen molar-refractivity contribution in [1.82, 2.24) is 0 Å². The van der Waals surface area contributed by atoms with E-state index in [4.69, 9.17) is 4.74 Å². The van der Waals surface area contributed by atoms with E-state index in [9.17, 15) is 18.7 Å². The molecular formula is C22H22F2O3. The molecule has 0 bridgehead atoms. The summed E-state index contributed by atoms with van der Waals surface area (Å²) in [5.41, 5.74) is 4.71. The van der Waals surface area contributed by atoms with Crippen LogP contribution in [0.5, 0.6) is 0 Å². The van der Waals surface area contributed by atoms with Gasteiger partial charge in [-0.1, -0.05) is 48.5 Å². The zero-order chi connectivity index (χ0) is 19.4. The zero-order valence-corrected chi connectivity index (χ0v) is 15.1. The molecule has 5 heteroatoms. The molecule has 1 atom stereocenters. The maximum absolute atomic E-state index is 13.3. The van der Waals surface area contributed by atoms with Crippen LogP contribution in [0.4, 0.5) is 8.78 Å². The molecular weight excluding hydrogens is 350 g/mol. The summed E-state index contributed by atoms with van der Waals surface area (Å²) in [6, 6.07) is 15.4. The molecule has 0 heterocycles. The van der Waals surface area contributed by atoms with Crippen LogP contribution in [0.15, 0.2) is 54.6 Å². The third-order valence-electron chi connectivity index (χ3n) is 4.65. The molecule has 2 aromatic rings. The molecule has 27 heavy (non-hydrogen) atoms. The molecule has 0 unspecified atom stereocenters. The molecule has 0 aromatic heterocycles. The Bertz CT molecular complexity index is 839. The Morgan fingerprint density at radius 3 is 2.48 bits per heavy atom. The van der Waals surface area contributed by atoms with Crippen LogP contribution < -0.4 is 0 Å². The van der Waals surface area contributed by atoms with Crippen molar-refractivity contribution < 1.29 is 23.4 Å². The number of aliphatic hydroxyl groups is 1. The van der Waals surface area contributed by atoms with Gasteiger partial charge in [0.1, 0.15) is 12.7 Å². The first-order valence-electron chi connectivity index (χ1n) is 8.95. The molecule has 3 nitrogen and oxygen atoms in total. The number of alkyl halides is 2. The van der Waals surface area contributed by atoms with Crippen LogP contribution in [0.3, 0.4) is 0 Å². The van der Waals surface area contributed by atoms with Gasteiger partial charge in [0.2, 0.25) is 0 Å². The zero-order valence-electron chi connectivity index (χ0n) is 15.1. The third-order valence-corrected chi connectivity index (χ3v) is 4.65. The molecule has 0 aliphatic heterocycles. The number of allylic oxidation sites excluding steroid dienone is 2. The molecule has 142 valence electrons. The van der Waals surface area contributed by atoms with Crippen molar-refractivity contribution >= 4 is 11.5 Å². The van der Waals surface area contributed by atoms with Crippen LogP contribution in [0.2, 0.25) is 0 Å². The highest BCUT2D eigenvalue weighted by Gasteiger charge is 2.30. The Labute approximate surface area is 157 Å². The normalized spacial score (nSPS) is 17.1. The maximum atomic E-state index is 13.3. The summed E-state index contributed by atoms with van der Waals surface area (Å²) in [4.78, 5) is 11.4. The van der Waals surface area contributed by atoms with Gasteiger partial charge in [0.25, 0.3) is 5.92 Å². The molecule has 3 rings (SSSR count). The summed E-state index contributed by atoms with van der Waals surface area (Å²) in [7, 11) is 0. The lowest BCUT2D eigenvalue weighted by molar-refractivity contribution is -0.153. The van der Waals surface area contributed by atoms with Crippen LogP contribution in [0.1, 0.15) is 37.3 Å². The standard InChI is InChI=1S/C22H22F2O3/c1-15(25)21(26)27-14-16-3-2-4-20(13-16)18-7-5-17(6-8-18)19-9-11-22(23,24)12-10-19/h2-9,13,15,25H,10-12,14H2,1H3/t15-/m1/s1. The monoisotopic (exact) mass is 372 g/mol. The largest absolute Gasteiger partial charge is 0.459 e. The van der Waals surface area contributed by atoms with Gasteiger partial charge < -0.3 is 9.84 Å². The molecule has 1 aliphatic rings. The van der Waals surface area contributed by atoms with Crippen molar-refractivity contribution in [3.63, 3.8) is 0 Å². The first-order valence-corrected chi connectivity index (χ1v) is 8.95. The molecule has 0 saturated carbocycles. The molecule has 2 aromatic carbocycles. The second kappa shape index (κ2) is 8.01. The first-order chi connectivity index (χ1) is 12.8. The first kappa shape index (κ1) is 19.2. The third kappa shape index (κ3) is 5.01. The molecule has 0 spiro atoms. The van der Waals surface area contributed by atoms with Crippen molar-refractivity contribution in [3.05, 3.63) is 65.7 Å². The highest BCUT2D eigenvalue weighted by molar-refractivity contribution is 5.74. The van der Waals surface area contributed by atoms with E-state index in [0.29, 0.717) is 6.42 Å². The summed E-state index contributed by atoms with van der Waals surface area (Å²) in [6.07, 6.45) is 0.576. The van der Waals surface area contributed by atoms with E-state index in [-0.39, 0.29) is 19.4 Å². The lowest BCUT2D eigenvalue weighted by Crippen LogP contribution is -2.18. The number of hydrogen-bond acceptors (Lipinski definition) is 3. The fourth-order valence-electron chi connectivity index (χ4n) is 3.05. The van der Waals surface area contributed by atoms with Crippen molar-refractivity contribution in [2.45, 2.75) is 44.8 Å². The van der Waals surface area contributed by atoms with Crippen molar-refractivity contribution in [2.75, 3.05) is 0 Å². The smallest absolute Gasteiger partial charge is 0.334 e. The average Bonchev–Trinajstić information content (AvgIpc) is 2.66. The highest BCUT2D eigenvalue weighted by atomic mass is 19.3. The second-order valence-corrected chi connectivity index (χ2v) is 6.85. The second-order valence-electron chi connectivity index (χ2n) is 6.85. The Balaban J connectivity index is 1.71. The van der Waals surface area contributed by atoms with Gasteiger partial charge in [0, 0.05) is 12.8 Å². The summed E-state index contributed by atoms with van der Waals surface area (Å²) < 4.78 is 31.6. The van der Waals surface area contributed by atoms with E-state index >= 15 is 0 Å². The number of ether oxygens (including phenoxy) is 1. The SMILES string of the molecule is C[C@@H](O)C(=O)OCc1cccc(-c2ccc(C3=CCC(F)(F)CC3)cc2)c1. The van der Waals surface area contributed by atoms with Crippen LogP contribution in [0, 0.1) is 0 Å². The van der Waals surface area contributed by atoms with E-state index in [2.05, 4.69) is 0 Å². The minimum Gasteiger partial charge on any atom is -0.459 e. The maximum Gasteiger partial charge on any atom is 0.334 e. The summed E-state index contributed by atoms with van der Waals surface area (Å²) in [5, 5.41) is 9.17. The molecule has 0 radical (unpaired) electrons. The van der Waals surface area contributed by atoms with E-state index in [1.165, 1.54) is 6.92 Å². The van der Waals surface area contributed by atoms with E-state index < -0.39 is 18.0 Å². The van der Waals surface area contributed by atoms with Gasteiger partial charge in [0.15, 0.2) is 0 Å². The van der Waals surface area contributed by atoms with Crippen LogP contribution in [-0.4, -0.2) is 23.1 Å².